The minimum Gasteiger partial charge on any atom is -0.439 e. The molecule has 1 aromatic heterocycles. The van der Waals surface area contributed by atoms with Crippen LogP contribution in [-0.2, 0) is 0 Å². The van der Waals surface area contributed by atoms with Crippen LogP contribution in [0.15, 0.2) is 42.5 Å². The number of aromatic nitrogens is 1. The van der Waals surface area contributed by atoms with Gasteiger partial charge in [0.25, 0.3) is 0 Å². The molecule has 0 unspecified atom stereocenters. The van der Waals surface area contributed by atoms with Gasteiger partial charge in [0.2, 0.25) is 5.88 Å². The van der Waals surface area contributed by atoms with Crippen molar-refractivity contribution >= 4 is 23.2 Å². The van der Waals surface area contributed by atoms with Gasteiger partial charge in [-0.3, -0.25) is 0 Å². The van der Waals surface area contributed by atoms with Crippen molar-refractivity contribution in [3.63, 3.8) is 0 Å². The van der Waals surface area contributed by atoms with Crippen LogP contribution >= 0.6 is 23.2 Å². The van der Waals surface area contributed by atoms with E-state index in [4.69, 9.17) is 27.9 Å². The van der Waals surface area contributed by atoms with Crippen LogP contribution < -0.4 is 4.74 Å². The van der Waals surface area contributed by atoms with Crippen molar-refractivity contribution < 1.29 is 4.74 Å². The fourth-order valence-electron chi connectivity index (χ4n) is 1.10. The average molecular weight is 240 g/mol. The van der Waals surface area contributed by atoms with E-state index in [1.54, 1.807) is 36.4 Å². The molecule has 0 aliphatic rings. The second-order valence-electron chi connectivity index (χ2n) is 2.86. The Bertz CT molecular complexity index is 430. The van der Waals surface area contributed by atoms with Crippen molar-refractivity contribution in [2.45, 2.75) is 0 Å². The van der Waals surface area contributed by atoms with E-state index in [1.807, 2.05) is 6.07 Å². The molecule has 0 spiro atoms. The van der Waals surface area contributed by atoms with E-state index in [-0.39, 0.29) is 0 Å². The zero-order chi connectivity index (χ0) is 10.7. The Morgan fingerprint density at radius 1 is 1.00 bits per heavy atom. The number of nitrogens with zero attached hydrogens (tertiary/aromatic N) is 1. The van der Waals surface area contributed by atoms with Crippen molar-refractivity contribution in [1.29, 1.82) is 0 Å². The second kappa shape index (κ2) is 4.51. The Hall–Kier alpha value is -1.25. The highest BCUT2D eigenvalue weighted by Gasteiger charge is 1.99. The summed E-state index contributed by atoms with van der Waals surface area (Å²) in [5, 5.41) is 1.02. The molecule has 0 saturated heterocycles. The van der Waals surface area contributed by atoms with E-state index in [9.17, 15) is 0 Å². The van der Waals surface area contributed by atoms with Gasteiger partial charge in [0, 0.05) is 11.1 Å². The number of ether oxygens (including phenoxy) is 1. The number of hydrogen-bond donors (Lipinski definition) is 0. The standard InChI is InChI=1S/C11H7Cl2NO/c12-8-3-1-4-9(7-8)15-11-6-2-5-10(13)14-11/h1-7H. The van der Waals surface area contributed by atoms with Crippen LogP contribution in [0.2, 0.25) is 10.2 Å². The summed E-state index contributed by atoms with van der Waals surface area (Å²) in [4.78, 5) is 4.00. The molecule has 0 fully saturated rings. The molecule has 0 bridgehead atoms. The van der Waals surface area contributed by atoms with Gasteiger partial charge in [0.05, 0.1) is 0 Å². The van der Waals surface area contributed by atoms with Crippen molar-refractivity contribution in [3.8, 4) is 11.6 Å². The summed E-state index contributed by atoms with van der Waals surface area (Å²) >= 11 is 11.5. The Kier molecular flexibility index (Phi) is 3.09. The monoisotopic (exact) mass is 239 g/mol. The molecule has 0 saturated carbocycles. The van der Waals surface area contributed by atoms with Gasteiger partial charge in [-0.2, -0.15) is 0 Å². The van der Waals surface area contributed by atoms with E-state index >= 15 is 0 Å². The van der Waals surface area contributed by atoms with E-state index in [2.05, 4.69) is 4.98 Å². The lowest BCUT2D eigenvalue weighted by Gasteiger charge is -2.04. The maximum atomic E-state index is 5.82. The molecule has 15 heavy (non-hydrogen) atoms. The first kappa shape index (κ1) is 10.3. The Morgan fingerprint density at radius 3 is 2.53 bits per heavy atom. The van der Waals surface area contributed by atoms with Gasteiger partial charge in [0.1, 0.15) is 10.9 Å². The first-order valence-electron chi connectivity index (χ1n) is 4.30. The van der Waals surface area contributed by atoms with E-state index in [0.717, 1.165) is 0 Å². The molecule has 0 aliphatic heterocycles. The van der Waals surface area contributed by atoms with Crippen molar-refractivity contribution in [2.24, 2.45) is 0 Å². The van der Waals surface area contributed by atoms with E-state index in [1.165, 1.54) is 0 Å². The third-order valence-electron chi connectivity index (χ3n) is 1.71. The third-order valence-corrected chi connectivity index (χ3v) is 2.15. The smallest absolute Gasteiger partial charge is 0.220 e. The fraction of sp³-hybridized carbons (Fsp3) is 0. The quantitative estimate of drug-likeness (QED) is 0.734. The number of rotatable bonds is 2. The highest BCUT2D eigenvalue weighted by atomic mass is 35.5. The predicted molar refractivity (Wildman–Crippen MR) is 60.8 cm³/mol. The summed E-state index contributed by atoms with van der Waals surface area (Å²) in [6.45, 7) is 0. The SMILES string of the molecule is Clc1cccc(Oc2cccc(Cl)n2)c1. The fourth-order valence-corrected chi connectivity index (χ4v) is 1.43. The third kappa shape index (κ3) is 2.85. The Labute approximate surface area is 97.4 Å². The van der Waals surface area contributed by atoms with Crippen LogP contribution in [0.4, 0.5) is 0 Å². The molecule has 2 nitrogen and oxygen atoms in total. The normalized spacial score (nSPS) is 10.0. The highest BCUT2D eigenvalue weighted by Crippen LogP contribution is 2.23. The summed E-state index contributed by atoms with van der Waals surface area (Å²) in [5.41, 5.74) is 0. The summed E-state index contributed by atoms with van der Waals surface area (Å²) in [5.74, 6) is 1.09. The predicted octanol–water partition coefficient (Wildman–Crippen LogP) is 4.18. The van der Waals surface area contributed by atoms with Crippen LogP contribution in [0.25, 0.3) is 0 Å². The Balaban J connectivity index is 2.22. The Morgan fingerprint density at radius 2 is 1.80 bits per heavy atom. The maximum absolute atomic E-state index is 5.82. The number of hydrogen-bond acceptors (Lipinski definition) is 2. The second-order valence-corrected chi connectivity index (χ2v) is 3.68. The molecule has 0 amide bonds. The van der Waals surface area contributed by atoms with Crippen LogP contribution in [-0.4, -0.2) is 4.98 Å². The minimum absolute atomic E-state index is 0.398. The number of pyridine rings is 1. The van der Waals surface area contributed by atoms with E-state index < -0.39 is 0 Å². The number of halogens is 2. The van der Waals surface area contributed by atoms with Gasteiger partial charge in [0.15, 0.2) is 0 Å². The molecule has 1 aromatic carbocycles. The highest BCUT2D eigenvalue weighted by molar-refractivity contribution is 6.30. The lowest BCUT2D eigenvalue weighted by molar-refractivity contribution is 0.463. The molecule has 0 atom stereocenters. The molecule has 0 aliphatic carbocycles. The lowest BCUT2D eigenvalue weighted by atomic mass is 10.3. The van der Waals surface area contributed by atoms with Crippen molar-refractivity contribution in [2.75, 3.05) is 0 Å². The van der Waals surface area contributed by atoms with E-state index in [0.29, 0.717) is 21.8 Å². The molecule has 0 N–H and O–H groups in total. The van der Waals surface area contributed by atoms with Crippen molar-refractivity contribution in [3.05, 3.63) is 52.6 Å². The molecule has 76 valence electrons. The first-order chi connectivity index (χ1) is 7.24. The van der Waals surface area contributed by atoms with Crippen LogP contribution in [0.1, 0.15) is 0 Å². The molecule has 1 heterocycles. The van der Waals surface area contributed by atoms with Gasteiger partial charge < -0.3 is 4.74 Å². The molecule has 4 heteroatoms. The largest absolute Gasteiger partial charge is 0.439 e. The van der Waals surface area contributed by atoms with Gasteiger partial charge >= 0.3 is 0 Å². The zero-order valence-electron chi connectivity index (χ0n) is 7.65. The zero-order valence-corrected chi connectivity index (χ0v) is 9.16. The molecular formula is C11H7Cl2NO. The van der Waals surface area contributed by atoms with Crippen LogP contribution in [0, 0.1) is 0 Å². The molecule has 2 aromatic rings. The van der Waals surface area contributed by atoms with Crippen molar-refractivity contribution in [1.82, 2.24) is 4.98 Å². The van der Waals surface area contributed by atoms with Gasteiger partial charge in [-0.25, -0.2) is 4.98 Å². The van der Waals surface area contributed by atoms with Gasteiger partial charge in [-0.1, -0.05) is 35.3 Å². The molecular weight excluding hydrogens is 233 g/mol. The molecule has 2 rings (SSSR count). The minimum atomic E-state index is 0.398. The maximum Gasteiger partial charge on any atom is 0.220 e. The molecule has 0 radical (unpaired) electrons. The van der Waals surface area contributed by atoms with Gasteiger partial charge in [-0.15, -0.1) is 0 Å². The average Bonchev–Trinajstić information content (AvgIpc) is 2.17. The summed E-state index contributed by atoms with van der Waals surface area (Å²) in [6, 6.07) is 12.3. The van der Waals surface area contributed by atoms with Gasteiger partial charge in [-0.05, 0) is 24.3 Å². The summed E-state index contributed by atoms with van der Waals surface area (Å²) in [6.07, 6.45) is 0. The van der Waals surface area contributed by atoms with Crippen LogP contribution in [0.5, 0.6) is 11.6 Å². The summed E-state index contributed by atoms with van der Waals surface area (Å²) in [7, 11) is 0. The van der Waals surface area contributed by atoms with Crippen LogP contribution in [0.3, 0.4) is 0 Å². The summed E-state index contributed by atoms with van der Waals surface area (Å²) < 4.78 is 5.46. The topological polar surface area (TPSA) is 22.1 Å². The first-order valence-corrected chi connectivity index (χ1v) is 5.05. The number of benzene rings is 1. The lowest BCUT2D eigenvalue weighted by Crippen LogP contribution is -1.87.